The number of aromatic hydroxyl groups is 2. The van der Waals surface area contributed by atoms with Gasteiger partial charge in [-0.1, -0.05) is 42.8 Å². The van der Waals surface area contributed by atoms with Crippen molar-refractivity contribution in [3.8, 4) is 11.5 Å². The van der Waals surface area contributed by atoms with Crippen LogP contribution >= 0.6 is 11.6 Å². The number of benzene rings is 3. The molecule has 9 heteroatoms. The van der Waals surface area contributed by atoms with Crippen molar-refractivity contribution in [2.75, 3.05) is 5.32 Å². The molecule has 0 saturated heterocycles. The lowest BCUT2D eigenvalue weighted by molar-refractivity contribution is -0.168. The lowest BCUT2D eigenvalue weighted by Gasteiger charge is -2.38. The molecule has 3 aromatic carbocycles. The number of ether oxygens (including phenoxy) is 1. The van der Waals surface area contributed by atoms with Gasteiger partial charge in [0.25, 0.3) is 0 Å². The topological polar surface area (TPSA) is 133 Å². The van der Waals surface area contributed by atoms with Gasteiger partial charge >= 0.3 is 6.09 Å². The molecule has 0 saturated carbocycles. The van der Waals surface area contributed by atoms with Crippen molar-refractivity contribution in [3.63, 3.8) is 0 Å². The molecule has 2 aliphatic carbocycles. The number of phenols is 2. The summed E-state index contributed by atoms with van der Waals surface area (Å²) in [5, 5.41) is 36.3. The van der Waals surface area contributed by atoms with Gasteiger partial charge < -0.3 is 20.1 Å². The minimum Gasteiger partial charge on any atom is -0.507 e. The molecule has 0 heterocycles. The number of rotatable bonds is 2. The summed E-state index contributed by atoms with van der Waals surface area (Å²) in [6, 6.07) is 12.4. The van der Waals surface area contributed by atoms with Crippen molar-refractivity contribution >= 4 is 34.9 Å². The minimum atomic E-state index is -2.04. The first-order valence-corrected chi connectivity index (χ1v) is 11.2. The standard InChI is InChI=1S/C26H20ClNO7/c1-12-10-26(34,35-25(33)28-14-8-6-13(27)7-9-14)11-17-18(12)24(32)20-19(23(17)31)21(29)15-4-2-3-5-16(15)22(20)30/h2-9,12,31-32,34H,10-11H2,1H3,(H,28,33). The molecule has 178 valence electrons. The number of nitrogens with one attached hydrogen (secondary N) is 1. The van der Waals surface area contributed by atoms with Crippen LogP contribution < -0.4 is 5.32 Å². The molecule has 8 nitrogen and oxygen atoms in total. The summed E-state index contributed by atoms with van der Waals surface area (Å²) in [6.45, 7) is 1.65. The molecule has 3 aromatic rings. The maximum atomic E-state index is 13.2. The zero-order valence-corrected chi connectivity index (χ0v) is 19.2. The molecule has 0 aliphatic heterocycles. The SMILES string of the molecule is CC1CC(O)(OC(=O)Nc2ccc(Cl)cc2)Cc2c(O)c3c(c(O)c21)C(=O)c1ccccc1C3=O. The highest BCUT2D eigenvalue weighted by Gasteiger charge is 2.46. The van der Waals surface area contributed by atoms with Crippen molar-refractivity contribution < 1.29 is 34.4 Å². The summed E-state index contributed by atoms with van der Waals surface area (Å²) in [5.74, 6) is -4.79. The molecule has 0 aromatic heterocycles. The number of anilines is 1. The van der Waals surface area contributed by atoms with Crippen LogP contribution in [0.15, 0.2) is 48.5 Å². The second-order valence-electron chi connectivity index (χ2n) is 8.79. The fourth-order valence-corrected chi connectivity index (χ4v) is 5.07. The van der Waals surface area contributed by atoms with Gasteiger partial charge in [0.15, 0.2) is 11.6 Å². The monoisotopic (exact) mass is 493 g/mol. The van der Waals surface area contributed by atoms with Crippen LogP contribution in [-0.2, 0) is 11.2 Å². The highest BCUT2D eigenvalue weighted by Crippen LogP contribution is 2.50. The summed E-state index contributed by atoms with van der Waals surface area (Å²) < 4.78 is 5.31. The largest absolute Gasteiger partial charge is 0.507 e. The molecule has 0 radical (unpaired) electrons. The van der Waals surface area contributed by atoms with Crippen LogP contribution in [0.2, 0.25) is 5.02 Å². The average Bonchev–Trinajstić information content (AvgIpc) is 2.80. The molecule has 2 atom stereocenters. The Labute approximate surface area is 204 Å². The van der Waals surface area contributed by atoms with Crippen LogP contribution in [0, 0.1) is 0 Å². The van der Waals surface area contributed by atoms with Gasteiger partial charge in [0.2, 0.25) is 5.79 Å². The predicted molar refractivity (Wildman–Crippen MR) is 126 cm³/mol. The van der Waals surface area contributed by atoms with Gasteiger partial charge in [0.05, 0.1) is 11.1 Å². The zero-order valence-electron chi connectivity index (χ0n) is 18.5. The van der Waals surface area contributed by atoms with Crippen LogP contribution in [0.5, 0.6) is 11.5 Å². The molecular formula is C26H20ClNO7. The van der Waals surface area contributed by atoms with E-state index in [1.807, 2.05) is 0 Å². The van der Waals surface area contributed by atoms with Crippen LogP contribution in [-0.4, -0.2) is 38.8 Å². The van der Waals surface area contributed by atoms with Crippen LogP contribution in [0.4, 0.5) is 10.5 Å². The number of aliphatic hydroxyl groups is 1. The van der Waals surface area contributed by atoms with Gasteiger partial charge in [-0.2, -0.15) is 0 Å². The van der Waals surface area contributed by atoms with Crippen molar-refractivity contribution in [2.45, 2.75) is 31.5 Å². The number of carbonyl (C=O) groups excluding carboxylic acids is 3. The normalized spacial score (nSPS) is 20.5. The number of hydrogen-bond donors (Lipinski definition) is 4. The number of fused-ring (bicyclic) bond motifs is 3. The van der Waals surface area contributed by atoms with E-state index in [0.29, 0.717) is 10.7 Å². The maximum Gasteiger partial charge on any atom is 0.414 e. The van der Waals surface area contributed by atoms with Gasteiger partial charge in [-0.25, -0.2) is 4.79 Å². The van der Waals surface area contributed by atoms with E-state index in [4.69, 9.17) is 16.3 Å². The lowest BCUT2D eigenvalue weighted by atomic mass is 9.73. The average molecular weight is 494 g/mol. The van der Waals surface area contributed by atoms with E-state index in [2.05, 4.69) is 5.32 Å². The van der Waals surface area contributed by atoms with E-state index in [-0.39, 0.29) is 39.8 Å². The second-order valence-corrected chi connectivity index (χ2v) is 9.23. The van der Waals surface area contributed by atoms with E-state index in [9.17, 15) is 29.7 Å². The first-order chi connectivity index (χ1) is 16.6. The van der Waals surface area contributed by atoms with E-state index < -0.39 is 47.3 Å². The van der Waals surface area contributed by atoms with Gasteiger partial charge in [-0.3, -0.25) is 14.9 Å². The number of amides is 1. The molecular weight excluding hydrogens is 474 g/mol. The molecule has 2 aliphatic rings. The Morgan fingerprint density at radius 3 is 2.17 bits per heavy atom. The third-order valence-corrected chi connectivity index (χ3v) is 6.66. The molecule has 0 spiro atoms. The summed E-state index contributed by atoms with van der Waals surface area (Å²) in [4.78, 5) is 38.8. The fraction of sp³-hybridized carbons (Fsp3) is 0.192. The number of phenolic OH excluding ortho intramolecular Hbond substituents is 2. The third kappa shape index (κ3) is 3.71. The van der Waals surface area contributed by atoms with Crippen LogP contribution in [0.3, 0.4) is 0 Å². The predicted octanol–water partition coefficient (Wildman–Crippen LogP) is 4.51. The highest BCUT2D eigenvalue weighted by molar-refractivity contribution is 6.31. The van der Waals surface area contributed by atoms with Crippen molar-refractivity contribution in [1.82, 2.24) is 0 Å². The summed E-state index contributed by atoms with van der Waals surface area (Å²) in [7, 11) is 0. The number of halogens is 1. The quantitative estimate of drug-likeness (QED) is 0.238. The molecule has 35 heavy (non-hydrogen) atoms. The Bertz CT molecular complexity index is 1420. The van der Waals surface area contributed by atoms with Crippen molar-refractivity contribution in [2.24, 2.45) is 0 Å². The first-order valence-electron chi connectivity index (χ1n) is 10.9. The van der Waals surface area contributed by atoms with Gasteiger partial charge in [-0.15, -0.1) is 0 Å². The van der Waals surface area contributed by atoms with Gasteiger partial charge in [0, 0.05) is 45.8 Å². The maximum absolute atomic E-state index is 13.2. The fourth-order valence-electron chi connectivity index (χ4n) is 4.95. The molecule has 4 N–H and O–H groups in total. The van der Waals surface area contributed by atoms with Gasteiger partial charge in [-0.05, 0) is 30.2 Å². The highest BCUT2D eigenvalue weighted by atomic mass is 35.5. The number of hydrogen-bond acceptors (Lipinski definition) is 7. The Balaban J connectivity index is 1.52. The molecule has 5 rings (SSSR count). The number of carbonyl (C=O) groups is 3. The van der Waals surface area contributed by atoms with Crippen LogP contribution in [0.25, 0.3) is 0 Å². The molecule has 0 bridgehead atoms. The molecule has 2 unspecified atom stereocenters. The van der Waals surface area contributed by atoms with E-state index in [0.717, 1.165) is 0 Å². The lowest BCUT2D eigenvalue weighted by Crippen LogP contribution is -2.43. The number of ketones is 2. The summed E-state index contributed by atoms with van der Waals surface area (Å²) in [5.41, 5.74) is 0.329. The second kappa shape index (κ2) is 8.11. The van der Waals surface area contributed by atoms with Crippen molar-refractivity contribution in [1.29, 1.82) is 0 Å². The third-order valence-electron chi connectivity index (χ3n) is 6.40. The minimum absolute atomic E-state index is 0.0438. The molecule has 0 fully saturated rings. The zero-order chi connectivity index (χ0) is 25.1. The smallest absolute Gasteiger partial charge is 0.414 e. The molecule has 1 amide bonds. The Hall–Kier alpha value is -3.88. The van der Waals surface area contributed by atoms with E-state index in [1.165, 1.54) is 12.1 Å². The Kier molecular flexibility index (Phi) is 5.30. The Morgan fingerprint density at radius 2 is 1.57 bits per heavy atom. The van der Waals surface area contributed by atoms with E-state index >= 15 is 0 Å². The Morgan fingerprint density at radius 1 is 1.00 bits per heavy atom. The summed E-state index contributed by atoms with van der Waals surface area (Å²) >= 11 is 5.84. The van der Waals surface area contributed by atoms with E-state index in [1.54, 1.807) is 43.3 Å². The first kappa shape index (κ1) is 22.9. The van der Waals surface area contributed by atoms with Crippen molar-refractivity contribution in [3.05, 3.63) is 86.9 Å². The van der Waals surface area contributed by atoms with Gasteiger partial charge in [0.1, 0.15) is 11.5 Å². The van der Waals surface area contributed by atoms with Crippen LogP contribution in [0.1, 0.15) is 62.2 Å². The summed E-state index contributed by atoms with van der Waals surface area (Å²) in [6.07, 6.45) is -1.44.